The maximum Gasteiger partial charge on any atom is 0.333 e. The van der Waals surface area contributed by atoms with E-state index in [0.29, 0.717) is 47.6 Å². The summed E-state index contributed by atoms with van der Waals surface area (Å²) in [5.74, 6) is 0.514. The van der Waals surface area contributed by atoms with Gasteiger partial charge < -0.3 is 9.88 Å². The van der Waals surface area contributed by atoms with Crippen LogP contribution in [0.1, 0.15) is 45.6 Å². The lowest BCUT2D eigenvalue weighted by Crippen LogP contribution is -2.28. The topological polar surface area (TPSA) is 69.7 Å². The number of anilines is 1. The highest BCUT2D eigenvalue weighted by atomic mass is 19.1. The van der Waals surface area contributed by atoms with Crippen LogP contribution in [0.3, 0.4) is 0 Å². The minimum atomic E-state index is -0.343. The van der Waals surface area contributed by atoms with Crippen LogP contribution in [0.25, 0.3) is 17.1 Å². The van der Waals surface area contributed by atoms with Crippen LogP contribution in [0.2, 0.25) is 0 Å². The summed E-state index contributed by atoms with van der Waals surface area (Å²) in [5, 5.41) is 3.50. The lowest BCUT2D eigenvalue weighted by molar-refractivity contribution is 0.334. The van der Waals surface area contributed by atoms with Crippen molar-refractivity contribution in [1.82, 2.24) is 23.7 Å². The van der Waals surface area contributed by atoms with E-state index >= 15 is 0 Å². The molecule has 1 saturated carbocycles. The van der Waals surface area contributed by atoms with Crippen LogP contribution in [-0.4, -0.2) is 29.7 Å². The summed E-state index contributed by atoms with van der Waals surface area (Å²) in [5.41, 5.74) is 1.73. The maximum atomic E-state index is 13.6. The van der Waals surface area contributed by atoms with Crippen molar-refractivity contribution in [1.29, 1.82) is 0 Å². The molecule has 35 heavy (non-hydrogen) atoms. The van der Waals surface area contributed by atoms with Crippen molar-refractivity contribution in [3.63, 3.8) is 0 Å². The molecule has 5 rings (SSSR count). The van der Waals surface area contributed by atoms with Crippen LogP contribution in [-0.2, 0) is 6.54 Å². The molecule has 0 spiro atoms. The van der Waals surface area contributed by atoms with Crippen molar-refractivity contribution in [2.24, 2.45) is 5.92 Å². The number of rotatable bonds is 7. The quantitative estimate of drug-likeness (QED) is 0.395. The normalized spacial score (nSPS) is 18.2. The van der Waals surface area contributed by atoms with Gasteiger partial charge in [-0.15, -0.1) is 0 Å². The first-order valence-corrected chi connectivity index (χ1v) is 12.3. The zero-order chi connectivity index (χ0) is 24.4. The van der Waals surface area contributed by atoms with Crippen molar-refractivity contribution >= 4 is 5.95 Å². The fourth-order valence-electron chi connectivity index (χ4n) is 4.90. The molecule has 8 heteroatoms. The summed E-state index contributed by atoms with van der Waals surface area (Å²) in [6.07, 6.45) is 12.1. The van der Waals surface area contributed by atoms with E-state index in [4.69, 9.17) is 4.98 Å². The molecule has 0 aliphatic heterocycles. The molecule has 1 aromatic carbocycles. The first-order valence-electron chi connectivity index (χ1n) is 12.3. The summed E-state index contributed by atoms with van der Waals surface area (Å²) >= 11 is 0. The molecule has 3 heterocycles. The Kier molecular flexibility index (Phi) is 6.53. The van der Waals surface area contributed by atoms with E-state index in [9.17, 15) is 9.18 Å². The Labute approximate surface area is 204 Å². The van der Waals surface area contributed by atoms with Gasteiger partial charge in [0.1, 0.15) is 5.82 Å². The smallest absolute Gasteiger partial charge is 0.333 e. The Morgan fingerprint density at radius 2 is 1.77 bits per heavy atom. The van der Waals surface area contributed by atoms with Crippen LogP contribution in [0, 0.1) is 11.7 Å². The van der Waals surface area contributed by atoms with Crippen LogP contribution in [0.15, 0.2) is 72.0 Å². The van der Waals surface area contributed by atoms with E-state index in [2.05, 4.69) is 53.2 Å². The van der Waals surface area contributed by atoms with Crippen molar-refractivity contribution in [2.75, 3.05) is 5.32 Å². The molecule has 0 bridgehead atoms. The molecule has 0 radical (unpaired) electrons. The lowest BCUT2D eigenvalue weighted by Gasteiger charge is -2.30. The zero-order valence-corrected chi connectivity index (χ0v) is 20.1. The van der Waals surface area contributed by atoms with Crippen LogP contribution < -0.4 is 11.0 Å². The van der Waals surface area contributed by atoms with Gasteiger partial charge in [-0.3, -0.25) is 9.13 Å². The van der Waals surface area contributed by atoms with E-state index in [1.54, 1.807) is 27.5 Å². The first kappa shape index (κ1) is 23.1. The van der Waals surface area contributed by atoms with Gasteiger partial charge >= 0.3 is 5.69 Å². The zero-order valence-electron chi connectivity index (χ0n) is 20.1. The third kappa shape index (κ3) is 5.06. The highest BCUT2D eigenvalue weighted by Crippen LogP contribution is 2.30. The standard InChI is InChI=1S/C27H31FN6O/c1-19(2)17-33-18-25(34(27(33)35)23-9-5-20(28)6-10-23)24-13-14-29-26(31-24)30-21-7-11-22(12-8-21)32-15-3-4-16-32/h3-6,9-10,13-16,18-19,21-22H,7-8,11-12,17H2,1-2H3,(H,29,30,31). The van der Waals surface area contributed by atoms with Gasteiger partial charge in [0.15, 0.2) is 0 Å². The number of aromatic nitrogens is 5. The fraction of sp³-hybridized carbons (Fsp3) is 0.370. The third-order valence-electron chi connectivity index (χ3n) is 6.60. The molecule has 3 aromatic heterocycles. The highest BCUT2D eigenvalue weighted by Gasteiger charge is 2.23. The van der Waals surface area contributed by atoms with Gasteiger partial charge in [0, 0.05) is 43.4 Å². The van der Waals surface area contributed by atoms with E-state index in [0.717, 1.165) is 25.7 Å². The van der Waals surface area contributed by atoms with Crippen molar-refractivity contribution in [3.05, 3.63) is 83.6 Å². The second kappa shape index (κ2) is 9.90. The maximum absolute atomic E-state index is 13.6. The molecule has 0 amide bonds. The number of nitrogens with one attached hydrogen (secondary N) is 1. The molecule has 0 atom stereocenters. The summed E-state index contributed by atoms with van der Waals surface area (Å²) in [4.78, 5) is 22.5. The van der Waals surface area contributed by atoms with Crippen molar-refractivity contribution in [3.8, 4) is 17.1 Å². The number of imidazole rings is 1. The Morgan fingerprint density at radius 1 is 1.06 bits per heavy atom. The predicted molar refractivity (Wildman–Crippen MR) is 135 cm³/mol. The molecule has 4 aromatic rings. The Bertz CT molecular complexity index is 1310. The van der Waals surface area contributed by atoms with Crippen molar-refractivity contribution in [2.45, 2.75) is 58.2 Å². The first-order chi connectivity index (χ1) is 17.0. The van der Waals surface area contributed by atoms with Gasteiger partial charge in [-0.1, -0.05) is 13.8 Å². The number of benzene rings is 1. The van der Waals surface area contributed by atoms with E-state index < -0.39 is 0 Å². The number of nitrogens with zero attached hydrogens (tertiary/aromatic N) is 5. The molecule has 0 saturated heterocycles. The number of hydrogen-bond donors (Lipinski definition) is 1. The van der Waals surface area contributed by atoms with Gasteiger partial charge in [-0.2, -0.15) is 0 Å². The molecular formula is C27H31FN6O. The van der Waals surface area contributed by atoms with E-state index in [-0.39, 0.29) is 11.5 Å². The van der Waals surface area contributed by atoms with E-state index in [1.165, 1.54) is 12.1 Å². The molecule has 7 nitrogen and oxygen atoms in total. The van der Waals surface area contributed by atoms with E-state index in [1.807, 2.05) is 12.3 Å². The molecule has 0 unspecified atom stereocenters. The van der Waals surface area contributed by atoms with Crippen LogP contribution >= 0.6 is 0 Å². The third-order valence-corrected chi connectivity index (χ3v) is 6.60. The molecule has 1 fully saturated rings. The average molecular weight is 475 g/mol. The molecular weight excluding hydrogens is 443 g/mol. The van der Waals surface area contributed by atoms with Gasteiger partial charge in [0.25, 0.3) is 0 Å². The average Bonchev–Trinajstić information content (AvgIpc) is 3.49. The number of halogens is 1. The predicted octanol–water partition coefficient (Wildman–Crippen LogP) is 5.29. The molecule has 1 aliphatic carbocycles. The Balaban J connectivity index is 1.40. The largest absolute Gasteiger partial charge is 0.351 e. The van der Waals surface area contributed by atoms with Crippen LogP contribution in [0.5, 0.6) is 0 Å². The van der Waals surface area contributed by atoms with Crippen LogP contribution in [0.4, 0.5) is 10.3 Å². The SMILES string of the molecule is CC(C)Cn1cc(-c2ccnc(NC3CCC(n4cccc4)CC3)n2)n(-c2ccc(F)cc2)c1=O. The minimum Gasteiger partial charge on any atom is -0.351 e. The Hall–Kier alpha value is -3.68. The second-order valence-electron chi connectivity index (χ2n) is 9.70. The monoisotopic (exact) mass is 474 g/mol. The lowest BCUT2D eigenvalue weighted by atomic mass is 9.91. The van der Waals surface area contributed by atoms with Crippen molar-refractivity contribution < 1.29 is 4.39 Å². The summed E-state index contributed by atoms with van der Waals surface area (Å²) in [6, 6.07) is 12.8. The van der Waals surface area contributed by atoms with Gasteiger partial charge in [-0.25, -0.2) is 19.2 Å². The number of hydrogen-bond acceptors (Lipinski definition) is 4. The molecule has 182 valence electrons. The minimum absolute atomic E-state index is 0.170. The molecule has 1 aliphatic rings. The fourth-order valence-corrected chi connectivity index (χ4v) is 4.90. The summed E-state index contributed by atoms with van der Waals surface area (Å²) in [7, 11) is 0. The second-order valence-corrected chi connectivity index (χ2v) is 9.70. The van der Waals surface area contributed by atoms with Gasteiger partial charge in [-0.05, 0) is 74.1 Å². The highest BCUT2D eigenvalue weighted by molar-refractivity contribution is 5.59. The summed E-state index contributed by atoms with van der Waals surface area (Å²) in [6.45, 7) is 4.72. The Morgan fingerprint density at radius 3 is 2.46 bits per heavy atom. The van der Waals surface area contributed by atoms with Gasteiger partial charge in [0.05, 0.1) is 17.1 Å². The summed E-state index contributed by atoms with van der Waals surface area (Å²) < 4.78 is 19.1. The van der Waals surface area contributed by atoms with Gasteiger partial charge in [0.2, 0.25) is 5.95 Å². The molecule has 1 N–H and O–H groups in total.